The monoisotopic (exact) mass is 367 g/mol. The topological polar surface area (TPSA) is 115 Å². The van der Waals surface area contributed by atoms with E-state index in [1.165, 1.54) is 6.07 Å². The van der Waals surface area contributed by atoms with E-state index in [0.29, 0.717) is 0 Å². The first-order valence-electron chi connectivity index (χ1n) is 5.62. The lowest BCUT2D eigenvalue weighted by Gasteiger charge is -2.19. The first kappa shape index (κ1) is 16.9. The second-order valence-corrected chi connectivity index (χ2v) is 7.10. The normalized spacial score (nSPS) is 13.4. The Kier molecular flexibility index (Phi) is 5.11. The molecule has 1 amide bonds. The first-order valence-corrected chi connectivity index (χ1v) is 7.90. The molecule has 112 valence electrons. The maximum Gasteiger partial charge on any atom is 0.244 e. The van der Waals surface area contributed by atoms with E-state index in [1.54, 1.807) is 13.8 Å². The smallest absolute Gasteiger partial charge is 0.244 e. The Bertz CT molecular complexity index is 634. The molecule has 0 radical (unpaired) electrons. The van der Waals surface area contributed by atoms with Crippen molar-refractivity contribution in [2.45, 2.75) is 24.8 Å². The van der Waals surface area contributed by atoms with Crippen LogP contribution in [0.25, 0.3) is 0 Å². The average molecular weight is 368 g/mol. The number of sulfonamides is 1. The Morgan fingerprint density at radius 3 is 2.40 bits per heavy atom. The Morgan fingerprint density at radius 1 is 1.40 bits per heavy atom. The molecule has 0 aromatic heterocycles. The zero-order valence-electron chi connectivity index (χ0n) is 10.9. The third-order valence-corrected chi connectivity index (χ3v) is 4.58. The van der Waals surface area contributed by atoms with Crippen LogP contribution in [0.2, 0.25) is 0 Å². The van der Waals surface area contributed by atoms with Gasteiger partial charge in [0.15, 0.2) is 5.82 Å². The van der Waals surface area contributed by atoms with Crippen molar-refractivity contribution >= 4 is 37.5 Å². The molecular formula is C11H15BrFN3O3S. The molecule has 0 heterocycles. The molecule has 0 saturated heterocycles. The third kappa shape index (κ3) is 3.68. The quantitative estimate of drug-likeness (QED) is 0.672. The van der Waals surface area contributed by atoms with E-state index in [4.69, 9.17) is 11.5 Å². The van der Waals surface area contributed by atoms with Crippen LogP contribution in [0, 0.1) is 11.7 Å². The second kappa shape index (κ2) is 6.06. The predicted molar refractivity (Wildman–Crippen MR) is 76.7 cm³/mol. The van der Waals surface area contributed by atoms with Crippen LogP contribution in [0.15, 0.2) is 21.5 Å². The van der Waals surface area contributed by atoms with Crippen molar-refractivity contribution in [3.05, 3.63) is 22.4 Å². The summed E-state index contributed by atoms with van der Waals surface area (Å²) in [5.41, 5.74) is 10.7. The molecule has 1 rings (SSSR count). The fraction of sp³-hybridized carbons (Fsp3) is 0.364. The second-order valence-electron chi connectivity index (χ2n) is 4.56. The van der Waals surface area contributed by atoms with Crippen molar-refractivity contribution < 1.29 is 17.6 Å². The van der Waals surface area contributed by atoms with Crippen LogP contribution in [0.1, 0.15) is 13.8 Å². The van der Waals surface area contributed by atoms with Gasteiger partial charge < -0.3 is 11.5 Å². The lowest BCUT2D eigenvalue weighted by molar-refractivity contribution is -0.120. The number of nitrogens with one attached hydrogen (secondary N) is 1. The highest BCUT2D eigenvalue weighted by molar-refractivity contribution is 9.10. The number of nitrogens with two attached hydrogens (primary N) is 2. The fourth-order valence-corrected chi connectivity index (χ4v) is 3.63. The molecule has 20 heavy (non-hydrogen) atoms. The van der Waals surface area contributed by atoms with Gasteiger partial charge in [-0.1, -0.05) is 13.8 Å². The number of primary amides is 1. The number of nitrogen functional groups attached to an aromatic ring is 1. The summed E-state index contributed by atoms with van der Waals surface area (Å²) in [7, 11) is -4.26. The molecule has 0 aliphatic heterocycles. The molecule has 5 N–H and O–H groups in total. The minimum atomic E-state index is -4.26. The predicted octanol–water partition coefficient (Wildman–Crippen LogP) is 0.959. The van der Waals surface area contributed by atoms with Crippen molar-refractivity contribution in [1.29, 1.82) is 0 Å². The van der Waals surface area contributed by atoms with E-state index in [2.05, 4.69) is 20.7 Å². The molecule has 0 saturated carbocycles. The Hall–Kier alpha value is -1.19. The van der Waals surface area contributed by atoms with E-state index in [9.17, 15) is 17.6 Å². The van der Waals surface area contributed by atoms with Crippen LogP contribution < -0.4 is 16.2 Å². The number of halogens is 2. The zero-order valence-corrected chi connectivity index (χ0v) is 13.3. The molecule has 1 unspecified atom stereocenters. The van der Waals surface area contributed by atoms with Crippen LogP contribution in [0.4, 0.5) is 10.1 Å². The van der Waals surface area contributed by atoms with E-state index in [-0.39, 0.29) is 16.1 Å². The Balaban J connectivity index is 3.27. The number of anilines is 1. The minimum absolute atomic E-state index is 0.0684. The molecular weight excluding hydrogens is 353 g/mol. The summed E-state index contributed by atoms with van der Waals surface area (Å²) in [5.74, 6) is -2.21. The van der Waals surface area contributed by atoms with Crippen molar-refractivity contribution in [3.8, 4) is 0 Å². The van der Waals surface area contributed by atoms with Crippen molar-refractivity contribution in [3.63, 3.8) is 0 Å². The Labute approximate surface area is 124 Å². The van der Waals surface area contributed by atoms with Crippen LogP contribution in [0.3, 0.4) is 0 Å². The van der Waals surface area contributed by atoms with Gasteiger partial charge in [0, 0.05) is 5.69 Å². The molecule has 0 aliphatic carbocycles. The average Bonchev–Trinajstić information content (AvgIpc) is 2.30. The number of carbonyl (C=O) groups is 1. The van der Waals surface area contributed by atoms with Gasteiger partial charge in [-0.05, 0) is 34.0 Å². The van der Waals surface area contributed by atoms with Gasteiger partial charge >= 0.3 is 0 Å². The highest BCUT2D eigenvalue weighted by Crippen LogP contribution is 2.26. The number of amides is 1. The molecule has 1 aromatic rings. The summed E-state index contributed by atoms with van der Waals surface area (Å²) in [6.45, 7) is 3.23. The highest BCUT2D eigenvalue weighted by Gasteiger charge is 2.29. The fourth-order valence-electron chi connectivity index (χ4n) is 1.53. The lowest BCUT2D eigenvalue weighted by atomic mass is 10.1. The summed E-state index contributed by atoms with van der Waals surface area (Å²) in [6, 6.07) is 1.07. The van der Waals surface area contributed by atoms with E-state index >= 15 is 0 Å². The highest BCUT2D eigenvalue weighted by atomic mass is 79.9. The van der Waals surface area contributed by atoms with Crippen LogP contribution >= 0.6 is 15.9 Å². The summed E-state index contributed by atoms with van der Waals surface area (Å²) in [4.78, 5) is 10.6. The van der Waals surface area contributed by atoms with E-state index in [1.807, 2.05) is 0 Å². The van der Waals surface area contributed by atoms with Gasteiger partial charge in [-0.2, -0.15) is 4.72 Å². The van der Waals surface area contributed by atoms with Gasteiger partial charge in [0.05, 0.1) is 4.47 Å². The van der Waals surface area contributed by atoms with E-state index < -0.39 is 32.7 Å². The molecule has 1 aromatic carbocycles. The SMILES string of the molecule is CC(C)C(NS(=O)(=O)c1cc(N)cc(Br)c1F)C(N)=O. The molecule has 0 spiro atoms. The summed E-state index contributed by atoms with van der Waals surface area (Å²) >= 11 is 2.87. The van der Waals surface area contributed by atoms with Crippen molar-refractivity contribution in [1.82, 2.24) is 4.72 Å². The van der Waals surface area contributed by atoms with Gasteiger partial charge in [-0.3, -0.25) is 4.79 Å². The van der Waals surface area contributed by atoms with Crippen molar-refractivity contribution in [2.75, 3.05) is 5.73 Å². The van der Waals surface area contributed by atoms with Crippen LogP contribution in [-0.2, 0) is 14.8 Å². The number of rotatable bonds is 5. The van der Waals surface area contributed by atoms with Gasteiger partial charge in [0.1, 0.15) is 10.9 Å². The van der Waals surface area contributed by atoms with Crippen LogP contribution in [0.5, 0.6) is 0 Å². The number of hydrogen-bond donors (Lipinski definition) is 3. The maximum absolute atomic E-state index is 13.9. The summed E-state index contributed by atoms with van der Waals surface area (Å²) in [6.07, 6.45) is 0. The molecule has 1 atom stereocenters. The summed E-state index contributed by atoms with van der Waals surface area (Å²) < 4.78 is 40.2. The first-order chi connectivity index (χ1) is 9.06. The van der Waals surface area contributed by atoms with Gasteiger partial charge in [0.25, 0.3) is 0 Å². The van der Waals surface area contributed by atoms with Gasteiger partial charge in [-0.15, -0.1) is 0 Å². The Morgan fingerprint density at radius 2 is 1.95 bits per heavy atom. The maximum atomic E-state index is 13.9. The van der Waals surface area contributed by atoms with E-state index in [0.717, 1.165) is 6.07 Å². The molecule has 0 aliphatic rings. The molecule has 0 fully saturated rings. The minimum Gasteiger partial charge on any atom is -0.399 e. The zero-order chi connectivity index (χ0) is 15.7. The number of hydrogen-bond acceptors (Lipinski definition) is 4. The lowest BCUT2D eigenvalue weighted by Crippen LogP contribution is -2.47. The largest absolute Gasteiger partial charge is 0.399 e. The summed E-state index contributed by atoms with van der Waals surface area (Å²) in [5, 5.41) is 0. The number of carbonyl (C=O) groups excluding carboxylic acids is 1. The molecule has 9 heteroatoms. The third-order valence-electron chi connectivity index (χ3n) is 2.56. The van der Waals surface area contributed by atoms with Gasteiger partial charge in [0.2, 0.25) is 15.9 Å². The molecule has 6 nitrogen and oxygen atoms in total. The number of benzene rings is 1. The van der Waals surface area contributed by atoms with Gasteiger partial charge in [-0.25, -0.2) is 12.8 Å². The standard InChI is InChI=1S/C11H15BrFN3O3S/c1-5(2)10(11(15)17)16-20(18,19)8-4-6(14)3-7(12)9(8)13/h3-5,10,16H,14H2,1-2H3,(H2,15,17). The molecule has 0 bridgehead atoms. The van der Waals surface area contributed by atoms with Crippen molar-refractivity contribution in [2.24, 2.45) is 11.7 Å². The van der Waals surface area contributed by atoms with Crippen LogP contribution in [-0.4, -0.2) is 20.4 Å².